The van der Waals surface area contributed by atoms with E-state index in [1.807, 2.05) is 54.8 Å². The number of ether oxygens (including phenoxy) is 3. The fraction of sp³-hybridized carbons (Fsp3) is 0.200. The zero-order valence-corrected chi connectivity index (χ0v) is 23.0. The van der Waals surface area contributed by atoms with Crippen molar-refractivity contribution in [2.24, 2.45) is 0 Å². The molecule has 2 N–H and O–H groups in total. The van der Waals surface area contributed by atoms with Gasteiger partial charge in [0.05, 0.1) is 12.4 Å². The normalized spacial score (nSPS) is 12.4. The lowest BCUT2D eigenvalue weighted by atomic mass is 9.95. The average molecular weight is 564 g/mol. The van der Waals surface area contributed by atoms with Crippen LogP contribution in [0.2, 0.25) is 0 Å². The second-order valence-electron chi connectivity index (χ2n) is 8.54. The van der Waals surface area contributed by atoms with E-state index in [1.54, 1.807) is 54.2 Å². The van der Waals surface area contributed by atoms with Crippen molar-refractivity contribution in [2.75, 3.05) is 23.9 Å². The third-order valence-electron chi connectivity index (χ3n) is 5.97. The van der Waals surface area contributed by atoms with Crippen LogP contribution in [-0.4, -0.2) is 41.9 Å². The quantitative estimate of drug-likeness (QED) is 0.104. The third-order valence-corrected chi connectivity index (χ3v) is 6.98. The Morgan fingerprint density at radius 3 is 2.31 bits per heavy atom. The van der Waals surface area contributed by atoms with Crippen LogP contribution in [-0.2, 0) is 14.3 Å². The van der Waals surface area contributed by atoms with E-state index in [4.69, 9.17) is 14.2 Å². The predicted octanol–water partition coefficient (Wildman–Crippen LogP) is 6.87. The largest absolute Gasteiger partial charge is 0.507 e. The molecule has 2 atom stereocenters. The predicted molar refractivity (Wildman–Crippen MR) is 157 cm³/mol. The summed E-state index contributed by atoms with van der Waals surface area (Å²) >= 11 is 5.57. The Bertz CT molecular complexity index is 1400. The van der Waals surface area contributed by atoms with Crippen LogP contribution < -0.4 is 10.1 Å². The second-order valence-corrected chi connectivity index (χ2v) is 9.73. The molecule has 0 unspecified atom stereocenters. The highest BCUT2D eigenvalue weighted by Gasteiger charge is 2.31. The maximum Gasteiger partial charge on any atom is 0.412 e. The fourth-order valence-electron chi connectivity index (χ4n) is 4.11. The molecular formula is C30H29NO6S2. The number of anilines is 1. The molecule has 1 amide bonds. The average Bonchev–Trinajstić information content (AvgIpc) is 2.97. The van der Waals surface area contributed by atoms with Crippen molar-refractivity contribution in [3.8, 4) is 11.5 Å². The summed E-state index contributed by atoms with van der Waals surface area (Å²) in [6, 6.07) is 27.1. The number of thioether (sulfide) groups is 1. The summed E-state index contributed by atoms with van der Waals surface area (Å²) in [5, 5.41) is 14.6. The Hall–Kier alpha value is -3.82. The molecule has 4 aromatic rings. The van der Waals surface area contributed by atoms with Crippen LogP contribution in [0.1, 0.15) is 18.1 Å². The van der Waals surface area contributed by atoms with E-state index in [0.717, 1.165) is 4.90 Å². The van der Waals surface area contributed by atoms with Crippen molar-refractivity contribution in [1.29, 1.82) is 0 Å². The van der Waals surface area contributed by atoms with Gasteiger partial charge in [-0.1, -0.05) is 48.5 Å². The molecule has 39 heavy (non-hydrogen) atoms. The first-order chi connectivity index (χ1) is 19.0. The molecule has 0 aromatic heterocycles. The first-order valence-electron chi connectivity index (χ1n) is 12.3. The molecule has 0 spiro atoms. The number of benzene rings is 4. The molecule has 0 aliphatic carbocycles. The SMILES string of the molecule is CSc1ccc(NC(=O)O[C@@H](c2ccc(O)c3ccccc23)[C@H](CCOC(=O)CS)Oc2ccccc2)cc1. The Morgan fingerprint density at radius 2 is 1.62 bits per heavy atom. The monoisotopic (exact) mass is 563 g/mol. The van der Waals surface area contributed by atoms with Crippen LogP contribution in [0.3, 0.4) is 0 Å². The molecular weight excluding hydrogens is 534 g/mol. The van der Waals surface area contributed by atoms with Crippen LogP contribution in [0, 0.1) is 0 Å². The number of para-hydroxylation sites is 1. The van der Waals surface area contributed by atoms with Gasteiger partial charge in [0.25, 0.3) is 0 Å². The number of carbonyl (C=O) groups is 2. The summed E-state index contributed by atoms with van der Waals surface area (Å²) in [5.41, 5.74) is 1.22. The number of phenols is 1. The van der Waals surface area contributed by atoms with Gasteiger partial charge in [-0.3, -0.25) is 10.1 Å². The van der Waals surface area contributed by atoms with Crippen LogP contribution >= 0.6 is 24.4 Å². The van der Waals surface area contributed by atoms with Crippen LogP contribution in [0.4, 0.5) is 10.5 Å². The number of fused-ring (bicyclic) bond motifs is 1. The van der Waals surface area contributed by atoms with E-state index >= 15 is 0 Å². The lowest BCUT2D eigenvalue weighted by Gasteiger charge is -2.29. The molecule has 0 saturated heterocycles. The van der Waals surface area contributed by atoms with Gasteiger partial charge in [-0.05, 0) is 54.1 Å². The van der Waals surface area contributed by atoms with Gasteiger partial charge in [0.2, 0.25) is 0 Å². The molecule has 0 bridgehead atoms. The van der Waals surface area contributed by atoms with Gasteiger partial charge in [-0.2, -0.15) is 12.6 Å². The maximum atomic E-state index is 13.2. The molecule has 0 heterocycles. The summed E-state index contributed by atoms with van der Waals surface area (Å²) in [5.74, 6) is 0.156. The number of esters is 1. The number of aromatic hydroxyl groups is 1. The van der Waals surface area contributed by atoms with Crippen LogP contribution in [0.5, 0.6) is 11.5 Å². The number of hydrogen-bond acceptors (Lipinski definition) is 8. The number of carbonyl (C=O) groups excluding carboxylic acids is 2. The molecule has 9 heteroatoms. The summed E-state index contributed by atoms with van der Waals surface area (Å²) in [6.45, 7) is 0.0323. The lowest BCUT2D eigenvalue weighted by Crippen LogP contribution is -2.32. The molecule has 0 saturated carbocycles. The smallest absolute Gasteiger partial charge is 0.412 e. The highest BCUT2D eigenvalue weighted by atomic mass is 32.2. The summed E-state index contributed by atoms with van der Waals surface area (Å²) in [7, 11) is 0. The van der Waals surface area contributed by atoms with Crippen molar-refractivity contribution in [3.05, 3.63) is 96.6 Å². The molecule has 0 aliphatic heterocycles. The van der Waals surface area contributed by atoms with Gasteiger partial charge in [-0.25, -0.2) is 4.79 Å². The minimum Gasteiger partial charge on any atom is -0.507 e. The highest BCUT2D eigenvalue weighted by molar-refractivity contribution is 7.98. The van der Waals surface area contributed by atoms with Gasteiger partial charge in [0.15, 0.2) is 6.10 Å². The van der Waals surface area contributed by atoms with E-state index in [1.165, 1.54) is 0 Å². The van der Waals surface area contributed by atoms with E-state index < -0.39 is 24.3 Å². The van der Waals surface area contributed by atoms with Crippen molar-refractivity contribution >= 4 is 52.9 Å². The summed E-state index contributed by atoms with van der Waals surface area (Å²) in [4.78, 5) is 26.0. The van der Waals surface area contributed by atoms with Crippen molar-refractivity contribution < 1.29 is 28.9 Å². The molecule has 4 rings (SSSR count). The standard InChI is InChI=1S/C30H29NO6S2/c1-39-22-13-11-20(12-14-22)31-30(34)37-29(25-15-16-26(32)24-10-6-5-9-23(24)25)27(17-18-35-28(33)19-38)36-21-7-3-2-4-8-21/h2-16,27,29,32,38H,17-19H2,1H3,(H,31,34)/t27-,29-/m0/s1. The van der Waals surface area contributed by atoms with E-state index in [9.17, 15) is 14.7 Å². The summed E-state index contributed by atoms with van der Waals surface area (Å²) < 4.78 is 17.7. The fourth-order valence-corrected chi connectivity index (χ4v) is 4.61. The second kappa shape index (κ2) is 13.8. The zero-order chi connectivity index (χ0) is 27.6. The van der Waals surface area contributed by atoms with Gasteiger partial charge in [0, 0.05) is 28.0 Å². The minimum atomic E-state index is -0.920. The summed E-state index contributed by atoms with van der Waals surface area (Å²) in [6.07, 6.45) is -0.134. The first kappa shape index (κ1) is 28.2. The van der Waals surface area contributed by atoms with Crippen LogP contribution in [0.15, 0.2) is 95.9 Å². The molecule has 0 aliphatic rings. The number of hydrogen-bond donors (Lipinski definition) is 3. The van der Waals surface area contributed by atoms with Crippen molar-refractivity contribution in [1.82, 2.24) is 0 Å². The van der Waals surface area contributed by atoms with Gasteiger partial charge >= 0.3 is 12.1 Å². The van der Waals surface area contributed by atoms with Gasteiger partial charge < -0.3 is 19.3 Å². The van der Waals surface area contributed by atoms with E-state index in [0.29, 0.717) is 27.8 Å². The first-order valence-corrected chi connectivity index (χ1v) is 14.1. The minimum absolute atomic E-state index is 0.0323. The number of phenolic OH excluding ortho intramolecular Hbond substituents is 1. The van der Waals surface area contributed by atoms with Crippen LogP contribution in [0.25, 0.3) is 10.8 Å². The maximum absolute atomic E-state index is 13.2. The van der Waals surface area contributed by atoms with E-state index in [2.05, 4.69) is 17.9 Å². The van der Waals surface area contributed by atoms with Crippen molar-refractivity contribution in [3.63, 3.8) is 0 Å². The Labute approximate surface area is 236 Å². The Morgan fingerprint density at radius 1 is 0.923 bits per heavy atom. The molecule has 0 fully saturated rings. The van der Waals surface area contributed by atoms with Gasteiger partial charge in [0.1, 0.15) is 17.6 Å². The molecule has 4 aromatic carbocycles. The number of amides is 1. The van der Waals surface area contributed by atoms with E-state index in [-0.39, 0.29) is 24.5 Å². The molecule has 202 valence electrons. The number of thiol groups is 1. The third kappa shape index (κ3) is 7.61. The zero-order valence-electron chi connectivity index (χ0n) is 21.3. The Kier molecular flexibility index (Phi) is 9.99. The Balaban J connectivity index is 1.70. The number of rotatable bonds is 11. The topological polar surface area (TPSA) is 94.1 Å². The van der Waals surface area contributed by atoms with Crippen molar-refractivity contribution in [2.45, 2.75) is 23.5 Å². The highest BCUT2D eigenvalue weighted by Crippen LogP contribution is 2.36. The molecule has 0 radical (unpaired) electrons. The molecule has 7 nitrogen and oxygen atoms in total. The van der Waals surface area contributed by atoms with Gasteiger partial charge in [-0.15, -0.1) is 11.8 Å². The lowest BCUT2D eigenvalue weighted by molar-refractivity contribution is -0.141. The number of nitrogens with one attached hydrogen (secondary N) is 1.